The first kappa shape index (κ1) is 21.9. The van der Waals surface area contributed by atoms with Gasteiger partial charge in [-0.25, -0.2) is 4.39 Å². The number of guanidine groups is 1. The number of hydrogen-bond donors (Lipinski definition) is 1. The molecule has 1 heterocycles. The van der Waals surface area contributed by atoms with Gasteiger partial charge < -0.3 is 10.2 Å². The number of nitrogens with one attached hydrogen (secondary N) is 1. The second kappa shape index (κ2) is 9.56. The molecule has 1 unspecified atom stereocenters. The third kappa shape index (κ3) is 6.28. The number of piperazine rings is 1. The maximum Gasteiger partial charge on any atom is 0.403 e. The average Bonchev–Trinajstić information content (AvgIpc) is 2.56. The number of halogens is 5. The van der Waals surface area contributed by atoms with Gasteiger partial charge in [0.1, 0.15) is 11.9 Å². The van der Waals surface area contributed by atoms with Crippen LogP contribution < -0.4 is 5.32 Å². The second-order valence-electron chi connectivity index (χ2n) is 5.77. The van der Waals surface area contributed by atoms with Crippen LogP contribution in [-0.4, -0.2) is 61.2 Å². The smallest absolute Gasteiger partial charge is 0.352 e. The van der Waals surface area contributed by atoms with Gasteiger partial charge in [-0.2, -0.15) is 13.2 Å². The van der Waals surface area contributed by atoms with Crippen molar-refractivity contribution in [2.45, 2.75) is 25.7 Å². The summed E-state index contributed by atoms with van der Waals surface area (Å²) in [5.74, 6) is 0.344. The molecule has 0 bridgehead atoms. The molecular formula is C16H23F4IN4. The van der Waals surface area contributed by atoms with E-state index in [2.05, 4.69) is 10.3 Å². The summed E-state index contributed by atoms with van der Waals surface area (Å²) in [6, 6.07) is 4.69. The van der Waals surface area contributed by atoms with Crippen molar-refractivity contribution in [3.8, 4) is 0 Å². The molecule has 0 radical (unpaired) electrons. The third-order valence-corrected chi connectivity index (χ3v) is 4.21. The zero-order valence-corrected chi connectivity index (χ0v) is 16.5. The number of hydrogen-bond acceptors (Lipinski definition) is 2. The third-order valence-electron chi connectivity index (χ3n) is 4.21. The summed E-state index contributed by atoms with van der Waals surface area (Å²) in [5, 5.41) is 3.16. The Morgan fingerprint density at radius 3 is 2.20 bits per heavy atom. The van der Waals surface area contributed by atoms with Crippen molar-refractivity contribution in [1.82, 2.24) is 15.1 Å². The molecule has 142 valence electrons. The Hall–Kier alpha value is -1.10. The van der Waals surface area contributed by atoms with E-state index in [9.17, 15) is 17.6 Å². The lowest BCUT2D eigenvalue weighted by Crippen LogP contribution is -2.56. The number of alkyl halides is 3. The number of nitrogens with zero attached hydrogens (tertiary/aromatic N) is 3. The van der Waals surface area contributed by atoms with Crippen LogP contribution >= 0.6 is 24.0 Å². The minimum atomic E-state index is -4.20. The van der Waals surface area contributed by atoms with E-state index in [1.54, 1.807) is 19.2 Å². The zero-order valence-electron chi connectivity index (χ0n) is 14.2. The highest BCUT2D eigenvalue weighted by Gasteiger charge is 2.41. The highest BCUT2D eigenvalue weighted by Crippen LogP contribution is 2.25. The minimum absolute atomic E-state index is 0. The van der Waals surface area contributed by atoms with Crippen LogP contribution in [0.4, 0.5) is 17.6 Å². The summed E-state index contributed by atoms with van der Waals surface area (Å²) in [5.41, 5.74) is 0.905. The normalized spacial score (nSPS) is 17.8. The molecule has 25 heavy (non-hydrogen) atoms. The molecule has 0 spiro atoms. The monoisotopic (exact) mass is 474 g/mol. The number of benzene rings is 1. The molecule has 1 aromatic rings. The standard InChI is InChI=1S/C16H22F4N4.HI/c1-12(16(18,19)20)23-7-9-24(10-8-23)15(21-2)22-11-13-3-5-14(17)6-4-13;/h3-6,12H,7-11H2,1-2H3,(H,21,22);1H. The average molecular weight is 474 g/mol. The Balaban J connectivity index is 0.00000312. The summed E-state index contributed by atoms with van der Waals surface area (Å²) in [7, 11) is 1.64. The fourth-order valence-corrected chi connectivity index (χ4v) is 2.64. The van der Waals surface area contributed by atoms with Crippen molar-refractivity contribution < 1.29 is 17.6 Å². The lowest BCUT2D eigenvalue weighted by atomic mass is 10.2. The molecule has 4 nitrogen and oxygen atoms in total. The molecule has 0 aromatic heterocycles. The van der Waals surface area contributed by atoms with Crippen molar-refractivity contribution in [3.05, 3.63) is 35.6 Å². The predicted octanol–water partition coefficient (Wildman–Crippen LogP) is 3.09. The Kier molecular flexibility index (Phi) is 8.39. The fraction of sp³-hybridized carbons (Fsp3) is 0.562. The van der Waals surface area contributed by atoms with Gasteiger partial charge in [0.25, 0.3) is 0 Å². The molecule has 2 rings (SSSR count). The molecule has 1 saturated heterocycles. The van der Waals surface area contributed by atoms with E-state index >= 15 is 0 Å². The molecule has 1 aliphatic heterocycles. The van der Waals surface area contributed by atoms with Gasteiger partial charge in [-0.15, -0.1) is 24.0 Å². The maximum atomic E-state index is 12.9. The molecule has 1 N–H and O–H groups in total. The van der Waals surface area contributed by atoms with Crippen LogP contribution in [0.15, 0.2) is 29.3 Å². The highest BCUT2D eigenvalue weighted by molar-refractivity contribution is 14.0. The van der Waals surface area contributed by atoms with Gasteiger partial charge in [0.15, 0.2) is 5.96 Å². The van der Waals surface area contributed by atoms with Crippen molar-refractivity contribution in [3.63, 3.8) is 0 Å². The van der Waals surface area contributed by atoms with Gasteiger partial charge in [0.2, 0.25) is 0 Å². The van der Waals surface area contributed by atoms with Crippen LogP contribution in [0.3, 0.4) is 0 Å². The number of aliphatic imine (C=N–C) groups is 1. The Bertz CT molecular complexity index is 554. The lowest BCUT2D eigenvalue weighted by Gasteiger charge is -2.39. The molecule has 1 fully saturated rings. The molecule has 9 heteroatoms. The van der Waals surface area contributed by atoms with E-state index in [0.717, 1.165) is 5.56 Å². The molecular weight excluding hydrogens is 451 g/mol. The van der Waals surface area contributed by atoms with E-state index in [4.69, 9.17) is 0 Å². The van der Waals surface area contributed by atoms with Crippen LogP contribution in [0.1, 0.15) is 12.5 Å². The van der Waals surface area contributed by atoms with Gasteiger partial charge in [0.05, 0.1) is 0 Å². The topological polar surface area (TPSA) is 30.9 Å². The second-order valence-corrected chi connectivity index (χ2v) is 5.77. The van der Waals surface area contributed by atoms with Gasteiger partial charge in [0, 0.05) is 39.8 Å². The summed E-state index contributed by atoms with van der Waals surface area (Å²) in [6.07, 6.45) is -4.20. The van der Waals surface area contributed by atoms with E-state index in [0.29, 0.717) is 38.7 Å². The lowest BCUT2D eigenvalue weighted by molar-refractivity contribution is -0.181. The minimum Gasteiger partial charge on any atom is -0.352 e. The Morgan fingerprint density at radius 1 is 1.16 bits per heavy atom. The van der Waals surface area contributed by atoms with E-state index in [1.807, 2.05) is 4.90 Å². The van der Waals surface area contributed by atoms with E-state index < -0.39 is 12.2 Å². The van der Waals surface area contributed by atoms with Crippen LogP contribution in [-0.2, 0) is 6.54 Å². The zero-order chi connectivity index (χ0) is 17.7. The van der Waals surface area contributed by atoms with Crippen LogP contribution in [0.2, 0.25) is 0 Å². The summed E-state index contributed by atoms with van der Waals surface area (Å²) >= 11 is 0. The van der Waals surface area contributed by atoms with Crippen molar-refractivity contribution in [1.29, 1.82) is 0 Å². The van der Waals surface area contributed by atoms with Gasteiger partial charge in [-0.1, -0.05) is 12.1 Å². The van der Waals surface area contributed by atoms with Gasteiger partial charge >= 0.3 is 6.18 Å². The molecule has 1 aromatic carbocycles. The fourth-order valence-electron chi connectivity index (χ4n) is 2.64. The summed E-state index contributed by atoms with van der Waals surface area (Å²) in [4.78, 5) is 7.55. The molecule has 1 atom stereocenters. The van der Waals surface area contributed by atoms with Crippen LogP contribution in [0.5, 0.6) is 0 Å². The molecule has 0 saturated carbocycles. The highest BCUT2D eigenvalue weighted by atomic mass is 127. The first-order chi connectivity index (χ1) is 11.3. The number of rotatable bonds is 3. The maximum absolute atomic E-state index is 12.9. The quantitative estimate of drug-likeness (QED) is 0.316. The van der Waals surface area contributed by atoms with Gasteiger partial charge in [-0.3, -0.25) is 9.89 Å². The molecule has 1 aliphatic rings. The van der Waals surface area contributed by atoms with Crippen molar-refractivity contribution in [2.24, 2.45) is 4.99 Å². The summed E-state index contributed by atoms with van der Waals surface area (Å²) in [6.45, 7) is 3.28. The van der Waals surface area contributed by atoms with Crippen molar-refractivity contribution >= 4 is 29.9 Å². The molecule has 0 aliphatic carbocycles. The van der Waals surface area contributed by atoms with Crippen molar-refractivity contribution in [2.75, 3.05) is 33.2 Å². The van der Waals surface area contributed by atoms with E-state index in [1.165, 1.54) is 24.0 Å². The van der Waals surface area contributed by atoms with Crippen LogP contribution in [0, 0.1) is 5.82 Å². The molecule has 0 amide bonds. The van der Waals surface area contributed by atoms with Crippen LogP contribution in [0.25, 0.3) is 0 Å². The SMILES string of the molecule is CN=C(NCc1ccc(F)cc1)N1CCN(C(C)C(F)(F)F)CC1.I. The summed E-state index contributed by atoms with van der Waals surface area (Å²) < 4.78 is 51.2. The Labute approximate surface area is 162 Å². The Morgan fingerprint density at radius 2 is 1.72 bits per heavy atom. The predicted molar refractivity (Wildman–Crippen MR) is 101 cm³/mol. The first-order valence-corrected chi connectivity index (χ1v) is 7.82. The first-order valence-electron chi connectivity index (χ1n) is 7.82. The largest absolute Gasteiger partial charge is 0.403 e. The van der Waals surface area contributed by atoms with E-state index in [-0.39, 0.29) is 29.8 Å². The van der Waals surface area contributed by atoms with Gasteiger partial charge in [-0.05, 0) is 24.6 Å².